The molecule has 0 bridgehead atoms. The van der Waals surface area contributed by atoms with E-state index in [4.69, 9.17) is 4.42 Å². The molecule has 1 fully saturated rings. The molecule has 4 heteroatoms. The highest BCUT2D eigenvalue weighted by atomic mass is 16.3. The predicted molar refractivity (Wildman–Crippen MR) is 65.5 cm³/mol. The van der Waals surface area contributed by atoms with Gasteiger partial charge in [-0.15, -0.1) is 0 Å². The fourth-order valence-corrected chi connectivity index (χ4v) is 2.24. The Morgan fingerprint density at radius 2 is 2.29 bits per heavy atom. The Kier molecular flexibility index (Phi) is 3.52. The zero-order valence-electron chi connectivity index (χ0n) is 10.6. The molecule has 17 heavy (non-hydrogen) atoms. The monoisotopic (exact) mass is 236 g/mol. The maximum absolute atomic E-state index is 12.1. The van der Waals surface area contributed by atoms with Gasteiger partial charge in [0.1, 0.15) is 11.5 Å². The summed E-state index contributed by atoms with van der Waals surface area (Å²) in [5, 5.41) is 6.25. The van der Waals surface area contributed by atoms with E-state index in [0.29, 0.717) is 5.92 Å². The van der Waals surface area contributed by atoms with Crippen molar-refractivity contribution >= 4 is 5.91 Å². The highest BCUT2D eigenvalue weighted by Crippen LogP contribution is 2.19. The first-order valence-electron chi connectivity index (χ1n) is 6.15. The second kappa shape index (κ2) is 4.92. The normalized spacial score (nSPS) is 25.8. The van der Waals surface area contributed by atoms with Gasteiger partial charge in [-0.2, -0.15) is 0 Å². The Bertz CT molecular complexity index is 400. The van der Waals surface area contributed by atoms with E-state index in [0.717, 1.165) is 24.6 Å². The summed E-state index contributed by atoms with van der Waals surface area (Å²) in [6.45, 7) is 7.65. The van der Waals surface area contributed by atoms with Crippen molar-refractivity contribution in [1.82, 2.24) is 10.6 Å². The number of rotatable bonds is 3. The maximum Gasteiger partial charge on any atom is 0.225 e. The molecule has 1 aromatic heterocycles. The highest BCUT2D eigenvalue weighted by Gasteiger charge is 2.30. The number of amides is 1. The second-order valence-corrected chi connectivity index (χ2v) is 4.92. The summed E-state index contributed by atoms with van der Waals surface area (Å²) in [7, 11) is 0. The molecule has 3 atom stereocenters. The molecule has 1 aromatic rings. The van der Waals surface area contributed by atoms with E-state index in [1.54, 1.807) is 0 Å². The first kappa shape index (κ1) is 12.2. The molecule has 0 aromatic carbocycles. The van der Waals surface area contributed by atoms with Crippen LogP contribution in [0.15, 0.2) is 16.5 Å². The first-order chi connectivity index (χ1) is 8.08. The summed E-state index contributed by atoms with van der Waals surface area (Å²) in [5.74, 6) is 2.28. The van der Waals surface area contributed by atoms with Crippen LogP contribution in [0.3, 0.4) is 0 Å². The van der Waals surface area contributed by atoms with E-state index in [-0.39, 0.29) is 17.9 Å². The Labute approximate surface area is 102 Å². The van der Waals surface area contributed by atoms with Crippen LogP contribution in [0.4, 0.5) is 0 Å². The number of aryl methyl sites for hydroxylation is 1. The van der Waals surface area contributed by atoms with Gasteiger partial charge in [-0.05, 0) is 38.4 Å². The third-order valence-corrected chi connectivity index (χ3v) is 3.40. The third kappa shape index (κ3) is 2.69. The van der Waals surface area contributed by atoms with Gasteiger partial charge in [0, 0.05) is 6.54 Å². The molecule has 1 saturated heterocycles. The fourth-order valence-electron chi connectivity index (χ4n) is 2.24. The lowest BCUT2D eigenvalue weighted by molar-refractivity contribution is -0.126. The van der Waals surface area contributed by atoms with Crippen molar-refractivity contribution in [3.63, 3.8) is 0 Å². The van der Waals surface area contributed by atoms with Crippen molar-refractivity contribution in [2.45, 2.75) is 26.8 Å². The minimum Gasteiger partial charge on any atom is -0.464 e. The number of nitrogens with one attached hydrogen (secondary N) is 2. The summed E-state index contributed by atoms with van der Waals surface area (Å²) in [5.41, 5.74) is 0. The van der Waals surface area contributed by atoms with E-state index in [1.807, 2.05) is 26.0 Å². The van der Waals surface area contributed by atoms with Gasteiger partial charge in [-0.25, -0.2) is 0 Å². The summed E-state index contributed by atoms with van der Waals surface area (Å²) in [4.78, 5) is 12.1. The van der Waals surface area contributed by atoms with Crippen LogP contribution in [0.1, 0.15) is 31.4 Å². The largest absolute Gasteiger partial charge is 0.464 e. The topological polar surface area (TPSA) is 54.3 Å². The Morgan fingerprint density at radius 1 is 1.53 bits per heavy atom. The number of carbonyl (C=O) groups is 1. The van der Waals surface area contributed by atoms with Crippen LogP contribution in [-0.2, 0) is 4.79 Å². The zero-order chi connectivity index (χ0) is 12.4. The van der Waals surface area contributed by atoms with Gasteiger partial charge in [-0.3, -0.25) is 4.79 Å². The van der Waals surface area contributed by atoms with Crippen LogP contribution in [0.25, 0.3) is 0 Å². The van der Waals surface area contributed by atoms with E-state index in [9.17, 15) is 4.79 Å². The number of carbonyl (C=O) groups excluding carboxylic acids is 1. The first-order valence-corrected chi connectivity index (χ1v) is 6.15. The molecule has 1 amide bonds. The molecule has 2 heterocycles. The van der Waals surface area contributed by atoms with Crippen LogP contribution in [0.2, 0.25) is 0 Å². The van der Waals surface area contributed by atoms with Crippen molar-refractivity contribution in [1.29, 1.82) is 0 Å². The third-order valence-electron chi connectivity index (χ3n) is 3.40. The van der Waals surface area contributed by atoms with Crippen molar-refractivity contribution in [3.8, 4) is 0 Å². The van der Waals surface area contributed by atoms with Crippen LogP contribution >= 0.6 is 0 Å². The van der Waals surface area contributed by atoms with Crippen molar-refractivity contribution < 1.29 is 9.21 Å². The van der Waals surface area contributed by atoms with Crippen molar-refractivity contribution in [2.75, 3.05) is 13.1 Å². The van der Waals surface area contributed by atoms with Gasteiger partial charge in [0.25, 0.3) is 0 Å². The van der Waals surface area contributed by atoms with E-state index < -0.39 is 0 Å². The molecule has 2 rings (SSSR count). The van der Waals surface area contributed by atoms with Crippen molar-refractivity contribution in [2.24, 2.45) is 11.8 Å². The quantitative estimate of drug-likeness (QED) is 0.838. The average Bonchev–Trinajstić information content (AvgIpc) is 2.86. The number of hydrogen-bond donors (Lipinski definition) is 2. The summed E-state index contributed by atoms with van der Waals surface area (Å²) >= 11 is 0. The number of hydrogen-bond acceptors (Lipinski definition) is 3. The SMILES string of the molecule is Cc1ccc(C(C)NC(=O)[C@@H]2CNC[C@H]2C)o1. The molecule has 0 aliphatic carbocycles. The fraction of sp³-hybridized carbons (Fsp3) is 0.615. The van der Waals surface area contributed by atoms with Crippen LogP contribution in [-0.4, -0.2) is 19.0 Å². The Balaban J connectivity index is 1.94. The second-order valence-electron chi connectivity index (χ2n) is 4.92. The highest BCUT2D eigenvalue weighted by molar-refractivity contribution is 5.79. The lowest BCUT2D eigenvalue weighted by Gasteiger charge is -2.17. The molecule has 94 valence electrons. The zero-order valence-corrected chi connectivity index (χ0v) is 10.6. The molecular weight excluding hydrogens is 216 g/mol. The number of furan rings is 1. The van der Waals surface area contributed by atoms with Crippen LogP contribution < -0.4 is 10.6 Å². The van der Waals surface area contributed by atoms with E-state index >= 15 is 0 Å². The summed E-state index contributed by atoms with van der Waals surface area (Å²) < 4.78 is 5.51. The van der Waals surface area contributed by atoms with Gasteiger partial charge in [0.15, 0.2) is 0 Å². The molecular formula is C13H20N2O2. The Morgan fingerprint density at radius 3 is 2.82 bits per heavy atom. The van der Waals surface area contributed by atoms with Gasteiger partial charge in [0.05, 0.1) is 12.0 Å². The molecule has 0 radical (unpaired) electrons. The van der Waals surface area contributed by atoms with Crippen molar-refractivity contribution in [3.05, 3.63) is 23.7 Å². The predicted octanol–water partition coefficient (Wildman–Crippen LogP) is 1.62. The minimum absolute atomic E-state index is 0.0657. The molecule has 4 nitrogen and oxygen atoms in total. The molecule has 0 spiro atoms. The Hall–Kier alpha value is -1.29. The van der Waals surface area contributed by atoms with Gasteiger partial charge in [-0.1, -0.05) is 6.92 Å². The van der Waals surface area contributed by atoms with E-state index in [1.165, 1.54) is 0 Å². The molecule has 2 N–H and O–H groups in total. The lowest BCUT2D eigenvalue weighted by Crippen LogP contribution is -2.35. The maximum atomic E-state index is 12.1. The molecule has 0 saturated carbocycles. The van der Waals surface area contributed by atoms with Crippen LogP contribution in [0, 0.1) is 18.8 Å². The summed E-state index contributed by atoms with van der Waals surface area (Å²) in [6, 6.07) is 3.76. The smallest absolute Gasteiger partial charge is 0.225 e. The van der Waals surface area contributed by atoms with Gasteiger partial charge >= 0.3 is 0 Å². The standard InChI is InChI=1S/C13H20N2O2/c1-8-6-14-7-11(8)13(16)15-10(3)12-5-4-9(2)17-12/h4-5,8,10-11,14H,6-7H2,1-3H3,(H,15,16)/t8-,10?,11-/m1/s1. The summed E-state index contributed by atoms with van der Waals surface area (Å²) in [6.07, 6.45) is 0. The average molecular weight is 236 g/mol. The van der Waals surface area contributed by atoms with Gasteiger partial charge < -0.3 is 15.1 Å². The molecule has 1 aliphatic heterocycles. The van der Waals surface area contributed by atoms with E-state index in [2.05, 4.69) is 17.6 Å². The minimum atomic E-state index is -0.0657. The van der Waals surface area contributed by atoms with Crippen LogP contribution in [0.5, 0.6) is 0 Å². The molecule has 1 aliphatic rings. The molecule has 1 unspecified atom stereocenters. The van der Waals surface area contributed by atoms with Gasteiger partial charge in [0.2, 0.25) is 5.91 Å². The lowest BCUT2D eigenvalue weighted by atomic mass is 9.97.